The van der Waals surface area contributed by atoms with Gasteiger partial charge in [-0.15, -0.1) is 0 Å². The summed E-state index contributed by atoms with van der Waals surface area (Å²) in [5, 5.41) is 5.44. The zero-order valence-electron chi connectivity index (χ0n) is 12.3. The Morgan fingerprint density at radius 1 is 0.875 bits per heavy atom. The van der Waals surface area contributed by atoms with Gasteiger partial charge >= 0.3 is 0 Å². The molecule has 1 aromatic heterocycles. The Hall–Kier alpha value is -3.35. The highest BCUT2D eigenvalue weighted by Crippen LogP contribution is 2.14. The van der Waals surface area contributed by atoms with Gasteiger partial charge in [0.1, 0.15) is 11.6 Å². The Morgan fingerprint density at radius 3 is 2.25 bits per heavy atom. The molecule has 0 atom stereocenters. The minimum absolute atomic E-state index is 0.235. The molecule has 120 valence electrons. The van der Waals surface area contributed by atoms with Crippen LogP contribution in [0, 0.1) is 11.6 Å². The van der Waals surface area contributed by atoms with Gasteiger partial charge in [0, 0.05) is 23.8 Å². The van der Waals surface area contributed by atoms with E-state index in [-0.39, 0.29) is 23.1 Å². The summed E-state index contributed by atoms with van der Waals surface area (Å²) in [6, 6.07) is 11.3. The fourth-order valence-corrected chi connectivity index (χ4v) is 1.94. The first kappa shape index (κ1) is 15.5. The van der Waals surface area contributed by atoms with Crippen LogP contribution in [0.3, 0.4) is 0 Å². The monoisotopic (exact) mass is 326 g/mol. The van der Waals surface area contributed by atoms with E-state index in [4.69, 9.17) is 0 Å². The molecule has 0 bridgehead atoms. The molecule has 24 heavy (non-hydrogen) atoms. The van der Waals surface area contributed by atoms with E-state index in [1.807, 2.05) is 0 Å². The second-order valence-electron chi connectivity index (χ2n) is 4.89. The minimum atomic E-state index is -0.418. The number of carbonyl (C=O) groups is 1. The third kappa shape index (κ3) is 3.89. The van der Waals surface area contributed by atoms with E-state index in [1.54, 1.807) is 12.1 Å². The van der Waals surface area contributed by atoms with Crippen LogP contribution in [0.4, 0.5) is 26.1 Å². The predicted molar refractivity (Wildman–Crippen MR) is 86.1 cm³/mol. The van der Waals surface area contributed by atoms with Gasteiger partial charge in [-0.25, -0.2) is 18.7 Å². The van der Waals surface area contributed by atoms with E-state index >= 15 is 0 Å². The number of carbonyl (C=O) groups excluding carboxylic acids is 1. The lowest BCUT2D eigenvalue weighted by Gasteiger charge is -2.07. The van der Waals surface area contributed by atoms with E-state index < -0.39 is 5.91 Å². The van der Waals surface area contributed by atoms with Gasteiger partial charge in [0.25, 0.3) is 5.91 Å². The number of aromatic nitrogens is 2. The number of amides is 1. The molecule has 0 fully saturated rings. The molecule has 2 aromatic carbocycles. The van der Waals surface area contributed by atoms with E-state index in [1.165, 1.54) is 48.8 Å². The fourth-order valence-electron chi connectivity index (χ4n) is 1.94. The van der Waals surface area contributed by atoms with Crippen molar-refractivity contribution in [2.24, 2.45) is 0 Å². The van der Waals surface area contributed by atoms with Gasteiger partial charge in [0.2, 0.25) is 5.95 Å². The maximum absolute atomic E-state index is 13.1. The highest BCUT2D eigenvalue weighted by molar-refractivity contribution is 6.03. The molecule has 0 saturated carbocycles. The van der Waals surface area contributed by atoms with Crippen molar-refractivity contribution in [1.82, 2.24) is 9.97 Å². The predicted octanol–water partition coefficient (Wildman–Crippen LogP) is 3.75. The average molecular weight is 326 g/mol. The molecule has 3 aromatic rings. The van der Waals surface area contributed by atoms with Crippen molar-refractivity contribution in [2.75, 3.05) is 10.6 Å². The molecule has 0 radical (unpaired) electrons. The number of halogens is 2. The zero-order valence-corrected chi connectivity index (χ0v) is 12.3. The van der Waals surface area contributed by atoms with Gasteiger partial charge < -0.3 is 10.6 Å². The smallest absolute Gasteiger partial charge is 0.258 e. The van der Waals surface area contributed by atoms with Gasteiger partial charge in [-0.2, -0.15) is 0 Å². The molecule has 1 amide bonds. The maximum Gasteiger partial charge on any atom is 0.258 e. The van der Waals surface area contributed by atoms with Crippen LogP contribution >= 0.6 is 0 Å². The van der Waals surface area contributed by atoms with E-state index in [9.17, 15) is 13.6 Å². The minimum Gasteiger partial charge on any atom is -0.324 e. The molecule has 0 aliphatic carbocycles. The number of anilines is 3. The molecule has 0 spiro atoms. The van der Waals surface area contributed by atoms with Gasteiger partial charge in [-0.05, 0) is 42.5 Å². The Bertz CT molecular complexity index is 851. The van der Waals surface area contributed by atoms with Crippen molar-refractivity contribution in [1.29, 1.82) is 0 Å². The summed E-state index contributed by atoms with van der Waals surface area (Å²) in [6.45, 7) is 0. The van der Waals surface area contributed by atoms with Crippen LogP contribution in [-0.4, -0.2) is 15.9 Å². The Kier molecular flexibility index (Phi) is 4.42. The molecule has 0 aliphatic heterocycles. The van der Waals surface area contributed by atoms with Crippen LogP contribution in [0.1, 0.15) is 10.4 Å². The summed E-state index contributed by atoms with van der Waals surface area (Å²) >= 11 is 0. The summed E-state index contributed by atoms with van der Waals surface area (Å²) in [7, 11) is 0. The van der Waals surface area contributed by atoms with Gasteiger partial charge in [0.15, 0.2) is 0 Å². The van der Waals surface area contributed by atoms with Crippen molar-refractivity contribution in [3.8, 4) is 0 Å². The summed E-state index contributed by atoms with van der Waals surface area (Å²) in [4.78, 5) is 20.1. The zero-order chi connectivity index (χ0) is 16.9. The standard InChI is InChI=1S/C17H12F2N4O/c18-12-4-6-14(7-5-12)22-16(24)11-9-20-17(21-10-11)23-15-3-1-2-13(19)8-15/h1-10H,(H,22,24)(H,20,21,23). The normalized spacial score (nSPS) is 10.2. The average Bonchev–Trinajstić information content (AvgIpc) is 2.57. The van der Waals surface area contributed by atoms with E-state index in [0.29, 0.717) is 11.4 Å². The van der Waals surface area contributed by atoms with E-state index in [2.05, 4.69) is 20.6 Å². The van der Waals surface area contributed by atoms with Crippen molar-refractivity contribution in [2.45, 2.75) is 0 Å². The number of benzene rings is 2. The third-order valence-corrected chi connectivity index (χ3v) is 3.10. The van der Waals surface area contributed by atoms with Crippen LogP contribution < -0.4 is 10.6 Å². The third-order valence-electron chi connectivity index (χ3n) is 3.10. The second-order valence-corrected chi connectivity index (χ2v) is 4.89. The lowest BCUT2D eigenvalue weighted by Crippen LogP contribution is -2.13. The van der Waals surface area contributed by atoms with Gasteiger partial charge in [-0.1, -0.05) is 6.07 Å². The topological polar surface area (TPSA) is 66.9 Å². The summed E-state index contributed by atoms with van der Waals surface area (Å²) in [5.74, 6) is -0.947. The van der Waals surface area contributed by atoms with Crippen LogP contribution in [-0.2, 0) is 0 Å². The number of hydrogen-bond acceptors (Lipinski definition) is 4. The fraction of sp³-hybridized carbons (Fsp3) is 0. The van der Waals surface area contributed by atoms with Crippen molar-refractivity contribution < 1.29 is 13.6 Å². The van der Waals surface area contributed by atoms with Gasteiger partial charge in [0.05, 0.1) is 5.56 Å². The van der Waals surface area contributed by atoms with Crippen molar-refractivity contribution in [3.63, 3.8) is 0 Å². The quantitative estimate of drug-likeness (QED) is 0.766. The molecule has 1 heterocycles. The first-order valence-corrected chi connectivity index (χ1v) is 7.02. The van der Waals surface area contributed by atoms with Gasteiger partial charge in [-0.3, -0.25) is 4.79 Å². The first-order valence-electron chi connectivity index (χ1n) is 7.02. The first-order chi connectivity index (χ1) is 11.6. The number of nitrogens with one attached hydrogen (secondary N) is 2. The molecule has 3 rings (SSSR count). The summed E-state index contributed by atoms with van der Waals surface area (Å²) in [5.41, 5.74) is 1.20. The molecule has 0 aliphatic rings. The van der Waals surface area contributed by atoms with Crippen molar-refractivity contribution >= 4 is 23.2 Å². The van der Waals surface area contributed by atoms with E-state index in [0.717, 1.165) is 0 Å². The molecule has 0 unspecified atom stereocenters. The molecule has 2 N–H and O–H groups in total. The molecule has 0 saturated heterocycles. The van der Waals surface area contributed by atoms with Crippen LogP contribution in [0.2, 0.25) is 0 Å². The highest BCUT2D eigenvalue weighted by atomic mass is 19.1. The van der Waals surface area contributed by atoms with Crippen LogP contribution in [0.15, 0.2) is 60.9 Å². The SMILES string of the molecule is O=C(Nc1ccc(F)cc1)c1cnc(Nc2cccc(F)c2)nc1. The number of hydrogen-bond donors (Lipinski definition) is 2. The maximum atomic E-state index is 13.1. The Balaban J connectivity index is 1.67. The number of rotatable bonds is 4. The summed E-state index contributed by atoms with van der Waals surface area (Å²) in [6.07, 6.45) is 2.68. The summed E-state index contributed by atoms with van der Waals surface area (Å²) < 4.78 is 25.9. The van der Waals surface area contributed by atoms with Crippen molar-refractivity contribution in [3.05, 3.63) is 78.1 Å². The Morgan fingerprint density at radius 2 is 1.58 bits per heavy atom. The number of nitrogens with zero attached hydrogens (tertiary/aromatic N) is 2. The molecule has 5 nitrogen and oxygen atoms in total. The van der Waals surface area contributed by atoms with Crippen LogP contribution in [0.25, 0.3) is 0 Å². The molecule has 7 heteroatoms. The molecular weight excluding hydrogens is 314 g/mol. The molecular formula is C17H12F2N4O. The highest BCUT2D eigenvalue weighted by Gasteiger charge is 2.08. The largest absolute Gasteiger partial charge is 0.324 e. The van der Waals surface area contributed by atoms with Crippen LogP contribution in [0.5, 0.6) is 0 Å². The Labute approximate surface area is 136 Å². The second kappa shape index (κ2) is 6.82. The lowest BCUT2D eigenvalue weighted by molar-refractivity contribution is 0.102. The lowest BCUT2D eigenvalue weighted by atomic mass is 10.2.